The second-order valence-electron chi connectivity index (χ2n) is 14.2. The predicted molar refractivity (Wildman–Crippen MR) is 183 cm³/mol. The van der Waals surface area contributed by atoms with Gasteiger partial charge in [-0.15, -0.1) is 0 Å². The second kappa shape index (κ2) is 13.1. The first-order chi connectivity index (χ1) is 23.6. The number of nitrogens with zero attached hydrogens (tertiary/aromatic N) is 5. The highest BCUT2D eigenvalue weighted by atomic mass is 19.1. The number of amides is 3. The predicted octanol–water partition coefficient (Wildman–Crippen LogP) is 7.37. The van der Waals surface area contributed by atoms with Crippen LogP contribution in [0, 0.1) is 12.7 Å². The van der Waals surface area contributed by atoms with Crippen LogP contribution < -0.4 is 20.3 Å². The second-order valence-corrected chi connectivity index (χ2v) is 14.2. The highest BCUT2D eigenvalue weighted by Crippen LogP contribution is 2.43. The van der Waals surface area contributed by atoms with Crippen LogP contribution in [0.3, 0.4) is 0 Å². The molecule has 0 saturated heterocycles. The summed E-state index contributed by atoms with van der Waals surface area (Å²) in [6.07, 6.45) is 6.99. The van der Waals surface area contributed by atoms with Gasteiger partial charge in [0.25, 0.3) is 0 Å². The summed E-state index contributed by atoms with van der Waals surface area (Å²) in [7, 11) is 0. The van der Waals surface area contributed by atoms with E-state index in [-0.39, 0.29) is 53.6 Å². The molecule has 1 aliphatic heterocycles. The number of carbonyl (C=O) groups excluding carboxylic acids is 3. The topological polar surface area (TPSA) is 159 Å². The Bertz CT molecular complexity index is 1950. The molecule has 2 N–H and O–H groups in total. The molecule has 3 aromatic heterocycles. The van der Waals surface area contributed by atoms with E-state index in [1.165, 1.54) is 17.3 Å². The van der Waals surface area contributed by atoms with Crippen molar-refractivity contribution in [2.45, 2.75) is 84.7 Å². The van der Waals surface area contributed by atoms with Gasteiger partial charge in [-0.25, -0.2) is 33.7 Å². The maximum Gasteiger partial charge on any atom is 0.415 e. The lowest BCUT2D eigenvalue weighted by Crippen LogP contribution is -2.42. The highest BCUT2D eigenvalue weighted by Gasteiger charge is 2.34. The first-order valence-corrected chi connectivity index (χ1v) is 16.3. The normalized spacial score (nSPS) is 17.2. The Kier molecular flexibility index (Phi) is 9.01. The molecule has 0 radical (unpaired) electrons. The van der Waals surface area contributed by atoms with Crippen molar-refractivity contribution in [3.05, 3.63) is 54.6 Å². The van der Waals surface area contributed by atoms with Gasteiger partial charge in [0.1, 0.15) is 35.4 Å². The first kappa shape index (κ1) is 34.4. The quantitative estimate of drug-likeness (QED) is 0.203. The molecule has 1 saturated carbocycles. The zero-order chi connectivity index (χ0) is 36.0. The summed E-state index contributed by atoms with van der Waals surface area (Å²) in [5.41, 5.74) is -0.571. The molecule has 2 aliphatic rings. The molecule has 1 aliphatic carbocycles. The van der Waals surface area contributed by atoms with Gasteiger partial charge in [-0.1, -0.05) is 0 Å². The monoisotopic (exact) mass is 689 g/mol. The minimum atomic E-state index is -0.875. The van der Waals surface area contributed by atoms with Crippen LogP contribution in [0.25, 0.3) is 21.9 Å². The van der Waals surface area contributed by atoms with Crippen LogP contribution in [0.4, 0.5) is 36.0 Å². The van der Waals surface area contributed by atoms with Crippen molar-refractivity contribution < 1.29 is 37.7 Å². The number of imidazole rings is 1. The van der Waals surface area contributed by atoms with E-state index in [0.717, 1.165) is 0 Å². The molecule has 0 bridgehead atoms. The van der Waals surface area contributed by atoms with E-state index in [9.17, 15) is 14.4 Å². The van der Waals surface area contributed by atoms with Gasteiger partial charge in [0.2, 0.25) is 5.88 Å². The summed E-state index contributed by atoms with van der Waals surface area (Å²) in [4.78, 5) is 53.2. The molecule has 264 valence electrons. The molecule has 3 amide bonds. The molecule has 0 atom stereocenters. The number of carbonyl (C=O) groups is 3. The Balaban J connectivity index is 1.35. The number of ether oxygens (including phenoxy) is 4. The number of halogens is 1. The van der Waals surface area contributed by atoms with E-state index in [1.807, 2.05) is 10.8 Å². The van der Waals surface area contributed by atoms with Crippen molar-refractivity contribution >= 4 is 46.2 Å². The van der Waals surface area contributed by atoms with Crippen molar-refractivity contribution in [3.8, 4) is 17.0 Å². The summed E-state index contributed by atoms with van der Waals surface area (Å²) in [6.45, 7) is 12.5. The molecule has 50 heavy (non-hydrogen) atoms. The van der Waals surface area contributed by atoms with Gasteiger partial charge in [-0.3, -0.25) is 15.5 Å². The molecule has 4 aromatic rings. The van der Waals surface area contributed by atoms with Gasteiger partial charge in [0.05, 0.1) is 18.6 Å². The Morgan fingerprint density at radius 3 is 2.38 bits per heavy atom. The van der Waals surface area contributed by atoms with Gasteiger partial charge in [-0.2, -0.15) is 0 Å². The maximum atomic E-state index is 16.6. The van der Waals surface area contributed by atoms with E-state index in [0.29, 0.717) is 35.0 Å². The van der Waals surface area contributed by atoms with Crippen LogP contribution in [-0.2, 0) is 14.2 Å². The van der Waals surface area contributed by atoms with E-state index in [1.54, 1.807) is 73.1 Å². The average Bonchev–Trinajstić information content (AvgIpc) is 3.53. The van der Waals surface area contributed by atoms with E-state index in [2.05, 4.69) is 25.6 Å². The van der Waals surface area contributed by atoms with Crippen LogP contribution in [0.2, 0.25) is 0 Å². The van der Waals surface area contributed by atoms with E-state index in [4.69, 9.17) is 18.9 Å². The van der Waals surface area contributed by atoms with Crippen molar-refractivity contribution in [1.82, 2.24) is 19.5 Å². The van der Waals surface area contributed by atoms with Gasteiger partial charge >= 0.3 is 18.3 Å². The summed E-state index contributed by atoms with van der Waals surface area (Å²) in [6, 6.07) is 3.32. The molecule has 14 nitrogen and oxygen atoms in total. The number of anilines is 3. The van der Waals surface area contributed by atoms with Gasteiger partial charge in [0.15, 0.2) is 5.82 Å². The molecule has 6 rings (SSSR count). The number of fused-ring (bicyclic) bond motifs is 2. The molecule has 0 spiro atoms. The Morgan fingerprint density at radius 1 is 0.960 bits per heavy atom. The first-order valence-electron chi connectivity index (χ1n) is 16.3. The lowest BCUT2D eigenvalue weighted by atomic mass is 9.89. The zero-order valence-corrected chi connectivity index (χ0v) is 29.0. The Hall–Kier alpha value is -5.47. The fourth-order valence-corrected chi connectivity index (χ4v) is 5.82. The highest BCUT2D eigenvalue weighted by molar-refractivity contribution is 6.05. The third-order valence-electron chi connectivity index (χ3n) is 8.11. The average molecular weight is 690 g/mol. The third-order valence-corrected chi connectivity index (χ3v) is 8.11. The molecule has 0 unspecified atom stereocenters. The number of benzene rings is 1. The number of nitrogens with one attached hydrogen (secondary N) is 2. The molecule has 1 aromatic carbocycles. The number of aromatic nitrogens is 4. The van der Waals surface area contributed by atoms with Crippen molar-refractivity contribution in [2.24, 2.45) is 0 Å². The van der Waals surface area contributed by atoms with Crippen molar-refractivity contribution in [1.29, 1.82) is 0 Å². The molecule has 15 heteroatoms. The minimum absolute atomic E-state index is 0.0609. The minimum Gasteiger partial charge on any atom is -0.474 e. The lowest BCUT2D eigenvalue weighted by molar-refractivity contribution is 0.0293. The fourth-order valence-electron chi connectivity index (χ4n) is 5.82. The van der Waals surface area contributed by atoms with Gasteiger partial charge in [-0.05, 0) is 71.5 Å². The molecule has 4 heterocycles. The largest absolute Gasteiger partial charge is 0.474 e. The van der Waals surface area contributed by atoms with Crippen LogP contribution in [0.15, 0.2) is 43.2 Å². The van der Waals surface area contributed by atoms with Crippen LogP contribution >= 0.6 is 0 Å². The molecule has 1 fully saturated rings. The summed E-state index contributed by atoms with van der Waals surface area (Å²) < 4.78 is 41.0. The fraction of sp³-hybridized carbons (Fsp3) is 0.429. The van der Waals surface area contributed by atoms with Crippen molar-refractivity contribution in [2.75, 3.05) is 28.7 Å². The summed E-state index contributed by atoms with van der Waals surface area (Å²) in [5, 5.41) is 5.88. The SMILES string of the molecule is Cc1c(-c2cc3cc(NC(=O)OC4CC(n5ccnc5)C4)ncc3c(NC(=O)OC(C)(C)C)c2F)cnc2c1N(C(=O)OC(C)(C)C)CCO2. The summed E-state index contributed by atoms with van der Waals surface area (Å²) >= 11 is 0. The third kappa shape index (κ3) is 7.40. The number of hydrogen-bond donors (Lipinski definition) is 2. The standard InChI is InChI=1S/C35H40FN7O7/c1-19-24(16-39-30-29(19)43(10-11-47-30)33(46)50-35(5,6)7)23-12-20-13-26(40-31(44)48-22-14-21(15-22)42-9-8-37-18-42)38-17-25(20)28(27(23)36)41-32(45)49-34(2,3)4/h8-9,12-13,16-18,21-22H,10-11,14-15H2,1-7H3,(H,41,45)(H,38,40,44). The van der Waals surface area contributed by atoms with Crippen molar-refractivity contribution in [3.63, 3.8) is 0 Å². The number of hydrogen-bond acceptors (Lipinski definition) is 10. The summed E-state index contributed by atoms with van der Waals surface area (Å²) in [5.74, 6) is -0.430. The lowest BCUT2D eigenvalue weighted by Gasteiger charge is -2.35. The van der Waals surface area contributed by atoms with Gasteiger partial charge < -0.3 is 23.5 Å². The Labute approximate surface area is 288 Å². The number of rotatable bonds is 5. The molecular formula is C35H40FN7O7. The van der Waals surface area contributed by atoms with Crippen LogP contribution in [-0.4, -0.2) is 68.3 Å². The smallest absolute Gasteiger partial charge is 0.415 e. The van der Waals surface area contributed by atoms with E-state index < -0.39 is 35.3 Å². The van der Waals surface area contributed by atoms with Crippen LogP contribution in [0.5, 0.6) is 5.88 Å². The zero-order valence-electron chi connectivity index (χ0n) is 29.0. The molecular weight excluding hydrogens is 649 g/mol. The number of pyridine rings is 2. The maximum absolute atomic E-state index is 16.6. The van der Waals surface area contributed by atoms with Gasteiger partial charge in [0, 0.05) is 60.2 Å². The van der Waals surface area contributed by atoms with E-state index >= 15 is 4.39 Å². The Morgan fingerprint density at radius 2 is 1.70 bits per heavy atom. The van der Waals surface area contributed by atoms with Crippen LogP contribution in [0.1, 0.15) is 66.0 Å².